The molecule has 2 heterocycles. The van der Waals surface area contributed by atoms with Gasteiger partial charge < -0.3 is 0 Å². The normalized spacial score (nSPS) is 17.9. The SMILES string of the molecule is CC(c1ccc(-c2nc(C(F)(F)F)n(C)n2)cc1)N1CCCCC1. The fourth-order valence-corrected chi connectivity index (χ4v) is 3.18. The Morgan fingerprint density at radius 2 is 1.67 bits per heavy atom. The summed E-state index contributed by atoms with van der Waals surface area (Å²) in [4.78, 5) is 6.08. The molecular weight excluding hydrogens is 317 g/mol. The number of nitrogens with zero attached hydrogens (tertiary/aromatic N) is 4. The molecule has 0 bridgehead atoms. The number of hydrogen-bond donors (Lipinski definition) is 0. The number of hydrogen-bond acceptors (Lipinski definition) is 3. The van der Waals surface area contributed by atoms with Crippen molar-refractivity contribution in [2.75, 3.05) is 13.1 Å². The lowest BCUT2D eigenvalue weighted by Crippen LogP contribution is -2.32. The van der Waals surface area contributed by atoms with E-state index in [1.165, 1.54) is 26.3 Å². The molecule has 1 aliphatic rings. The van der Waals surface area contributed by atoms with Gasteiger partial charge in [-0.3, -0.25) is 4.90 Å². The van der Waals surface area contributed by atoms with Gasteiger partial charge in [0, 0.05) is 18.7 Å². The van der Waals surface area contributed by atoms with E-state index in [2.05, 4.69) is 21.9 Å². The van der Waals surface area contributed by atoms with Gasteiger partial charge in [0.25, 0.3) is 0 Å². The van der Waals surface area contributed by atoms with E-state index >= 15 is 0 Å². The van der Waals surface area contributed by atoms with Gasteiger partial charge in [0.15, 0.2) is 5.82 Å². The number of rotatable bonds is 3. The average molecular weight is 338 g/mol. The molecule has 7 heteroatoms. The van der Waals surface area contributed by atoms with Gasteiger partial charge in [0.1, 0.15) is 0 Å². The zero-order valence-electron chi connectivity index (χ0n) is 13.8. The molecule has 130 valence electrons. The first-order valence-electron chi connectivity index (χ1n) is 8.19. The van der Waals surface area contributed by atoms with E-state index in [4.69, 9.17) is 0 Å². The van der Waals surface area contributed by atoms with E-state index in [1.54, 1.807) is 12.1 Å². The van der Waals surface area contributed by atoms with E-state index in [0.29, 0.717) is 11.6 Å². The number of halogens is 3. The van der Waals surface area contributed by atoms with Gasteiger partial charge in [-0.2, -0.15) is 18.3 Å². The number of alkyl halides is 3. The predicted molar refractivity (Wildman–Crippen MR) is 85.3 cm³/mol. The van der Waals surface area contributed by atoms with Crippen molar-refractivity contribution < 1.29 is 13.2 Å². The first-order valence-corrected chi connectivity index (χ1v) is 8.19. The van der Waals surface area contributed by atoms with Crippen molar-refractivity contribution in [2.45, 2.75) is 38.4 Å². The maximum atomic E-state index is 12.8. The van der Waals surface area contributed by atoms with Crippen LogP contribution in [0.25, 0.3) is 11.4 Å². The molecule has 24 heavy (non-hydrogen) atoms. The van der Waals surface area contributed by atoms with Gasteiger partial charge in [-0.25, -0.2) is 9.67 Å². The van der Waals surface area contributed by atoms with Crippen LogP contribution in [0.4, 0.5) is 13.2 Å². The van der Waals surface area contributed by atoms with E-state index in [1.807, 2.05) is 12.1 Å². The van der Waals surface area contributed by atoms with E-state index in [9.17, 15) is 13.2 Å². The van der Waals surface area contributed by atoms with Gasteiger partial charge in [0.05, 0.1) is 0 Å². The van der Waals surface area contributed by atoms with Crippen molar-refractivity contribution in [2.24, 2.45) is 7.05 Å². The Morgan fingerprint density at radius 3 is 2.21 bits per heavy atom. The number of piperidine rings is 1. The third-order valence-corrected chi connectivity index (χ3v) is 4.61. The average Bonchev–Trinajstić information content (AvgIpc) is 2.97. The van der Waals surface area contributed by atoms with E-state index in [0.717, 1.165) is 23.3 Å². The molecule has 1 saturated heterocycles. The molecule has 3 rings (SSSR count). The lowest BCUT2D eigenvalue weighted by molar-refractivity contribution is -0.147. The van der Waals surface area contributed by atoms with Crippen LogP contribution in [-0.4, -0.2) is 32.8 Å². The Morgan fingerprint density at radius 1 is 1.04 bits per heavy atom. The number of aromatic nitrogens is 3. The molecule has 0 saturated carbocycles. The monoisotopic (exact) mass is 338 g/mol. The fraction of sp³-hybridized carbons (Fsp3) is 0.529. The molecule has 0 N–H and O–H groups in total. The molecule has 1 fully saturated rings. The third kappa shape index (κ3) is 3.45. The summed E-state index contributed by atoms with van der Waals surface area (Å²) in [6.45, 7) is 4.36. The Labute approximate surface area is 139 Å². The van der Waals surface area contributed by atoms with Crippen LogP contribution in [0, 0.1) is 0 Å². The summed E-state index contributed by atoms with van der Waals surface area (Å²) in [6, 6.07) is 7.81. The number of aryl methyl sites for hydroxylation is 1. The summed E-state index contributed by atoms with van der Waals surface area (Å²) < 4.78 is 39.3. The van der Waals surface area contributed by atoms with Crippen LogP contribution in [0.5, 0.6) is 0 Å². The topological polar surface area (TPSA) is 34.0 Å². The Kier molecular flexibility index (Phi) is 4.62. The molecular formula is C17H21F3N4. The highest BCUT2D eigenvalue weighted by Crippen LogP contribution is 2.30. The highest BCUT2D eigenvalue weighted by molar-refractivity contribution is 5.55. The van der Waals surface area contributed by atoms with E-state index < -0.39 is 12.0 Å². The molecule has 0 radical (unpaired) electrons. The quantitative estimate of drug-likeness (QED) is 0.847. The Balaban J connectivity index is 1.79. The van der Waals surface area contributed by atoms with Gasteiger partial charge in [-0.1, -0.05) is 30.7 Å². The lowest BCUT2D eigenvalue weighted by Gasteiger charge is -2.32. The van der Waals surface area contributed by atoms with Crippen molar-refractivity contribution in [1.82, 2.24) is 19.7 Å². The van der Waals surface area contributed by atoms with Crippen LogP contribution in [0.2, 0.25) is 0 Å². The molecule has 0 spiro atoms. The van der Waals surface area contributed by atoms with Crippen LogP contribution in [0.1, 0.15) is 43.6 Å². The molecule has 0 amide bonds. The van der Waals surface area contributed by atoms with Crippen molar-refractivity contribution in [1.29, 1.82) is 0 Å². The molecule has 2 aromatic rings. The summed E-state index contributed by atoms with van der Waals surface area (Å²) in [7, 11) is 1.26. The highest BCUT2D eigenvalue weighted by atomic mass is 19.4. The van der Waals surface area contributed by atoms with E-state index in [-0.39, 0.29) is 5.82 Å². The minimum Gasteiger partial charge on any atom is -0.297 e. The second-order valence-corrected chi connectivity index (χ2v) is 6.27. The molecule has 4 nitrogen and oxygen atoms in total. The molecule has 1 aromatic carbocycles. The number of likely N-dealkylation sites (tertiary alicyclic amines) is 1. The summed E-state index contributed by atoms with van der Waals surface area (Å²) in [5, 5.41) is 3.89. The van der Waals surface area contributed by atoms with Crippen LogP contribution < -0.4 is 0 Å². The molecule has 1 atom stereocenters. The minimum atomic E-state index is -4.50. The fourth-order valence-electron chi connectivity index (χ4n) is 3.18. The third-order valence-electron chi connectivity index (χ3n) is 4.61. The Hall–Kier alpha value is -1.89. The summed E-state index contributed by atoms with van der Waals surface area (Å²) >= 11 is 0. The second-order valence-electron chi connectivity index (χ2n) is 6.27. The maximum absolute atomic E-state index is 12.8. The van der Waals surface area contributed by atoms with Crippen LogP contribution >= 0.6 is 0 Å². The molecule has 1 unspecified atom stereocenters. The molecule has 1 aliphatic heterocycles. The highest BCUT2D eigenvalue weighted by Gasteiger charge is 2.37. The first kappa shape index (κ1) is 17.0. The second kappa shape index (κ2) is 6.55. The van der Waals surface area contributed by atoms with Crippen molar-refractivity contribution in [3.8, 4) is 11.4 Å². The maximum Gasteiger partial charge on any atom is 0.451 e. The standard InChI is InChI=1S/C17H21F3N4/c1-12(24-10-4-3-5-11-24)13-6-8-14(9-7-13)15-21-16(17(18,19)20)23(2)22-15/h6-9,12H,3-5,10-11H2,1-2H3. The predicted octanol–water partition coefficient (Wildman–Crippen LogP) is 4.05. The van der Waals surface area contributed by atoms with Crippen LogP contribution in [-0.2, 0) is 13.2 Å². The summed E-state index contributed by atoms with van der Waals surface area (Å²) in [5.74, 6) is -0.884. The molecule has 1 aromatic heterocycles. The van der Waals surface area contributed by atoms with Crippen molar-refractivity contribution in [3.05, 3.63) is 35.7 Å². The lowest BCUT2D eigenvalue weighted by atomic mass is 10.0. The number of benzene rings is 1. The zero-order valence-corrected chi connectivity index (χ0v) is 13.8. The van der Waals surface area contributed by atoms with Gasteiger partial charge in [0.2, 0.25) is 5.82 Å². The summed E-state index contributed by atoms with van der Waals surface area (Å²) in [6.07, 6.45) is -0.765. The van der Waals surface area contributed by atoms with Crippen LogP contribution in [0.15, 0.2) is 24.3 Å². The van der Waals surface area contributed by atoms with Crippen molar-refractivity contribution >= 4 is 0 Å². The zero-order chi connectivity index (χ0) is 17.3. The largest absolute Gasteiger partial charge is 0.451 e. The van der Waals surface area contributed by atoms with Gasteiger partial charge in [-0.15, -0.1) is 0 Å². The van der Waals surface area contributed by atoms with Gasteiger partial charge >= 0.3 is 6.18 Å². The Bertz CT molecular complexity index is 685. The van der Waals surface area contributed by atoms with Crippen molar-refractivity contribution in [3.63, 3.8) is 0 Å². The first-order chi connectivity index (χ1) is 11.4. The van der Waals surface area contributed by atoms with Crippen LogP contribution in [0.3, 0.4) is 0 Å². The minimum absolute atomic E-state index is 0.0991. The smallest absolute Gasteiger partial charge is 0.297 e. The summed E-state index contributed by atoms with van der Waals surface area (Å²) in [5.41, 5.74) is 1.75. The molecule has 0 aliphatic carbocycles. The van der Waals surface area contributed by atoms with Gasteiger partial charge in [-0.05, 0) is 38.4 Å².